The maximum absolute atomic E-state index is 13.6. The summed E-state index contributed by atoms with van der Waals surface area (Å²) in [5, 5.41) is 5.44. The zero-order valence-electron chi connectivity index (χ0n) is 13.3. The Bertz CT molecular complexity index is 736. The van der Waals surface area contributed by atoms with Crippen LogP contribution in [-0.4, -0.2) is 17.4 Å². The van der Waals surface area contributed by atoms with Gasteiger partial charge in [0, 0.05) is 16.8 Å². The minimum atomic E-state index is -0.591. The van der Waals surface area contributed by atoms with Crippen LogP contribution in [0.3, 0.4) is 0 Å². The molecule has 0 radical (unpaired) electrons. The fourth-order valence-electron chi connectivity index (χ4n) is 1.99. The number of halogens is 1. The van der Waals surface area contributed by atoms with Gasteiger partial charge in [0.2, 0.25) is 0 Å². The summed E-state index contributed by atoms with van der Waals surface area (Å²) in [4.78, 5) is 24.2. The summed E-state index contributed by atoms with van der Waals surface area (Å²) < 4.78 is 13.6. The van der Waals surface area contributed by atoms with Crippen molar-refractivity contribution in [3.63, 3.8) is 0 Å². The molecule has 0 bridgehead atoms. The lowest BCUT2D eigenvalue weighted by Crippen LogP contribution is -2.40. The van der Waals surface area contributed by atoms with Crippen molar-refractivity contribution in [1.29, 1.82) is 0 Å². The third-order valence-corrected chi connectivity index (χ3v) is 2.99. The Kier molecular flexibility index (Phi) is 4.79. The van der Waals surface area contributed by atoms with Crippen molar-refractivity contribution >= 4 is 17.5 Å². The Balaban J connectivity index is 2.16. The maximum Gasteiger partial charge on any atom is 0.258 e. The van der Waals surface area contributed by atoms with E-state index in [1.165, 1.54) is 18.2 Å². The zero-order valence-corrected chi connectivity index (χ0v) is 13.3. The molecular formula is C18H19FN2O2. The zero-order chi connectivity index (χ0) is 17.0. The summed E-state index contributed by atoms with van der Waals surface area (Å²) >= 11 is 0. The highest BCUT2D eigenvalue weighted by Crippen LogP contribution is 2.15. The van der Waals surface area contributed by atoms with Crippen molar-refractivity contribution in [3.05, 3.63) is 65.5 Å². The van der Waals surface area contributed by atoms with E-state index >= 15 is 0 Å². The van der Waals surface area contributed by atoms with E-state index in [2.05, 4.69) is 10.6 Å². The number of benzene rings is 2. The minimum absolute atomic E-state index is 0.0444. The maximum atomic E-state index is 13.6. The molecular weight excluding hydrogens is 295 g/mol. The first kappa shape index (κ1) is 16.7. The largest absolute Gasteiger partial charge is 0.347 e. The standard InChI is InChI=1S/C18H19FN2O2/c1-18(2,3)21-16(22)12-7-6-8-13(11-12)20-17(23)14-9-4-5-10-15(14)19/h4-11H,1-3H3,(H,20,23)(H,21,22). The van der Waals surface area contributed by atoms with Gasteiger partial charge in [0.25, 0.3) is 11.8 Å². The smallest absolute Gasteiger partial charge is 0.258 e. The van der Waals surface area contributed by atoms with Crippen molar-refractivity contribution in [2.75, 3.05) is 5.32 Å². The first-order valence-corrected chi connectivity index (χ1v) is 7.25. The summed E-state index contributed by atoms with van der Waals surface area (Å²) in [6, 6.07) is 12.2. The third-order valence-electron chi connectivity index (χ3n) is 2.99. The van der Waals surface area contributed by atoms with E-state index in [1.54, 1.807) is 30.3 Å². The van der Waals surface area contributed by atoms with Gasteiger partial charge in [-0.05, 0) is 51.1 Å². The first-order chi connectivity index (χ1) is 10.8. The molecule has 2 N–H and O–H groups in total. The molecule has 2 amide bonds. The van der Waals surface area contributed by atoms with Gasteiger partial charge >= 0.3 is 0 Å². The van der Waals surface area contributed by atoms with Crippen LogP contribution in [0.2, 0.25) is 0 Å². The van der Waals surface area contributed by atoms with Gasteiger partial charge in [-0.25, -0.2) is 4.39 Å². The summed E-state index contributed by atoms with van der Waals surface area (Å²) in [5.74, 6) is -1.39. The fraction of sp³-hybridized carbons (Fsp3) is 0.222. The number of rotatable bonds is 3. The Labute approximate surface area is 134 Å². The topological polar surface area (TPSA) is 58.2 Å². The summed E-state index contributed by atoms with van der Waals surface area (Å²) in [5.41, 5.74) is 0.451. The SMILES string of the molecule is CC(C)(C)NC(=O)c1cccc(NC(=O)c2ccccc2F)c1. The summed E-state index contributed by atoms with van der Waals surface area (Å²) in [6.45, 7) is 5.65. The predicted octanol–water partition coefficient (Wildman–Crippen LogP) is 3.61. The lowest BCUT2D eigenvalue weighted by Gasteiger charge is -2.20. The molecule has 0 atom stereocenters. The third kappa shape index (κ3) is 4.64. The summed E-state index contributed by atoms with van der Waals surface area (Å²) in [6.07, 6.45) is 0. The molecule has 0 aliphatic heterocycles. The summed E-state index contributed by atoms with van der Waals surface area (Å²) in [7, 11) is 0. The number of hydrogen-bond donors (Lipinski definition) is 2. The first-order valence-electron chi connectivity index (χ1n) is 7.25. The molecule has 0 heterocycles. The Morgan fingerprint density at radius 3 is 2.30 bits per heavy atom. The van der Waals surface area contributed by atoms with Crippen LogP contribution in [0.25, 0.3) is 0 Å². The van der Waals surface area contributed by atoms with E-state index in [4.69, 9.17) is 0 Å². The molecule has 0 fully saturated rings. The second kappa shape index (κ2) is 6.60. The number of amides is 2. The van der Waals surface area contributed by atoms with E-state index < -0.39 is 11.7 Å². The van der Waals surface area contributed by atoms with E-state index in [0.717, 1.165) is 0 Å². The molecule has 0 unspecified atom stereocenters. The quantitative estimate of drug-likeness (QED) is 0.909. The molecule has 5 heteroatoms. The molecule has 120 valence electrons. The molecule has 2 rings (SSSR count). The van der Waals surface area contributed by atoms with Crippen molar-refractivity contribution in [2.24, 2.45) is 0 Å². The number of hydrogen-bond acceptors (Lipinski definition) is 2. The molecule has 4 nitrogen and oxygen atoms in total. The Morgan fingerprint density at radius 1 is 0.957 bits per heavy atom. The fourth-order valence-corrected chi connectivity index (χ4v) is 1.99. The predicted molar refractivity (Wildman–Crippen MR) is 88.0 cm³/mol. The average Bonchev–Trinajstić information content (AvgIpc) is 2.46. The van der Waals surface area contributed by atoms with E-state index in [-0.39, 0.29) is 17.0 Å². The van der Waals surface area contributed by atoms with Crippen LogP contribution in [0.4, 0.5) is 10.1 Å². The van der Waals surface area contributed by atoms with Crippen LogP contribution in [-0.2, 0) is 0 Å². The molecule has 0 saturated heterocycles. The molecule has 0 aliphatic carbocycles. The average molecular weight is 314 g/mol. The van der Waals surface area contributed by atoms with Gasteiger partial charge < -0.3 is 10.6 Å². The molecule has 0 spiro atoms. The van der Waals surface area contributed by atoms with Crippen LogP contribution in [0.1, 0.15) is 41.5 Å². The van der Waals surface area contributed by atoms with E-state index in [0.29, 0.717) is 11.3 Å². The van der Waals surface area contributed by atoms with E-state index in [9.17, 15) is 14.0 Å². The molecule has 2 aromatic rings. The van der Waals surface area contributed by atoms with Gasteiger partial charge in [-0.15, -0.1) is 0 Å². The number of nitrogens with one attached hydrogen (secondary N) is 2. The highest BCUT2D eigenvalue weighted by molar-refractivity contribution is 6.05. The van der Waals surface area contributed by atoms with Crippen molar-refractivity contribution in [3.8, 4) is 0 Å². The lowest BCUT2D eigenvalue weighted by molar-refractivity contribution is 0.0918. The van der Waals surface area contributed by atoms with Crippen molar-refractivity contribution in [1.82, 2.24) is 5.32 Å². The molecule has 2 aromatic carbocycles. The van der Waals surface area contributed by atoms with Crippen LogP contribution < -0.4 is 10.6 Å². The van der Waals surface area contributed by atoms with E-state index in [1.807, 2.05) is 20.8 Å². The van der Waals surface area contributed by atoms with Gasteiger partial charge in [0.05, 0.1) is 5.56 Å². The van der Waals surface area contributed by atoms with Crippen LogP contribution in [0.15, 0.2) is 48.5 Å². The lowest BCUT2D eigenvalue weighted by atomic mass is 10.1. The number of carbonyl (C=O) groups excluding carboxylic acids is 2. The van der Waals surface area contributed by atoms with Crippen LogP contribution in [0.5, 0.6) is 0 Å². The monoisotopic (exact) mass is 314 g/mol. The molecule has 23 heavy (non-hydrogen) atoms. The van der Waals surface area contributed by atoms with Gasteiger partial charge in [0.15, 0.2) is 0 Å². The molecule has 0 aliphatic rings. The number of anilines is 1. The normalized spacial score (nSPS) is 11.0. The van der Waals surface area contributed by atoms with Crippen LogP contribution in [0, 0.1) is 5.82 Å². The van der Waals surface area contributed by atoms with Gasteiger partial charge in [0.1, 0.15) is 5.82 Å². The van der Waals surface area contributed by atoms with Gasteiger partial charge in [-0.2, -0.15) is 0 Å². The van der Waals surface area contributed by atoms with Gasteiger partial charge in [-0.3, -0.25) is 9.59 Å². The second-order valence-corrected chi connectivity index (χ2v) is 6.22. The minimum Gasteiger partial charge on any atom is -0.347 e. The Hall–Kier alpha value is -2.69. The van der Waals surface area contributed by atoms with Crippen molar-refractivity contribution in [2.45, 2.75) is 26.3 Å². The second-order valence-electron chi connectivity index (χ2n) is 6.22. The molecule has 0 aromatic heterocycles. The number of carbonyl (C=O) groups is 2. The Morgan fingerprint density at radius 2 is 1.65 bits per heavy atom. The van der Waals surface area contributed by atoms with Crippen LogP contribution >= 0.6 is 0 Å². The highest BCUT2D eigenvalue weighted by atomic mass is 19.1. The van der Waals surface area contributed by atoms with Crippen molar-refractivity contribution < 1.29 is 14.0 Å². The van der Waals surface area contributed by atoms with Gasteiger partial charge in [-0.1, -0.05) is 18.2 Å². The highest BCUT2D eigenvalue weighted by Gasteiger charge is 2.16. The molecule has 0 saturated carbocycles.